The Balaban J connectivity index is 1.48. The van der Waals surface area contributed by atoms with Crippen LogP contribution in [0.3, 0.4) is 0 Å². The number of amides is 1. The van der Waals surface area contributed by atoms with Crippen LogP contribution in [0.4, 0.5) is 5.13 Å². The number of nitrogens with zero attached hydrogens (tertiary/aromatic N) is 5. The third kappa shape index (κ3) is 4.60. The molecule has 1 N–H and O–H groups in total. The first-order chi connectivity index (χ1) is 14.6. The average molecular weight is 463 g/mol. The molecule has 10 heteroatoms. The second kappa shape index (κ2) is 9.57. The summed E-state index contributed by atoms with van der Waals surface area (Å²) in [6.07, 6.45) is 5.30. The Morgan fingerprint density at radius 3 is 2.93 bits per heavy atom. The fraction of sp³-hybridized carbons (Fsp3) is 0.550. The molecule has 0 saturated carbocycles. The highest BCUT2D eigenvalue weighted by Crippen LogP contribution is 2.38. The van der Waals surface area contributed by atoms with E-state index < -0.39 is 0 Å². The van der Waals surface area contributed by atoms with E-state index in [-0.39, 0.29) is 11.7 Å². The fourth-order valence-corrected chi connectivity index (χ4v) is 6.32. The first-order valence-electron chi connectivity index (χ1n) is 10.4. The second-order valence-corrected chi connectivity index (χ2v) is 10.5. The fourth-order valence-electron chi connectivity index (χ4n) is 3.62. The Morgan fingerprint density at radius 1 is 1.30 bits per heavy atom. The monoisotopic (exact) mass is 462 g/mol. The Morgan fingerprint density at radius 2 is 2.17 bits per heavy atom. The van der Waals surface area contributed by atoms with E-state index >= 15 is 0 Å². The van der Waals surface area contributed by atoms with E-state index in [1.54, 1.807) is 0 Å². The van der Waals surface area contributed by atoms with Crippen molar-refractivity contribution >= 4 is 45.5 Å². The van der Waals surface area contributed by atoms with Crippen LogP contribution in [0, 0.1) is 5.92 Å². The maximum Gasteiger partial charge on any atom is 0.236 e. The number of thiophene rings is 1. The summed E-state index contributed by atoms with van der Waals surface area (Å²) in [7, 11) is 0. The molecule has 0 saturated heterocycles. The highest BCUT2D eigenvalue weighted by Gasteiger charge is 2.24. The number of anilines is 1. The molecule has 1 amide bonds. The zero-order valence-corrected chi connectivity index (χ0v) is 19.9. The van der Waals surface area contributed by atoms with Crippen LogP contribution in [0.5, 0.6) is 0 Å². The normalized spacial score (nSPS) is 15.9. The van der Waals surface area contributed by atoms with Gasteiger partial charge in [0.25, 0.3) is 0 Å². The van der Waals surface area contributed by atoms with Crippen molar-refractivity contribution in [1.82, 2.24) is 25.0 Å². The number of thioether (sulfide) groups is 1. The van der Waals surface area contributed by atoms with Gasteiger partial charge in [-0.3, -0.25) is 10.1 Å². The molecule has 7 nitrogen and oxygen atoms in total. The Bertz CT molecular complexity index is 1020. The molecule has 30 heavy (non-hydrogen) atoms. The topological polar surface area (TPSA) is 85.6 Å². The molecule has 0 aromatic carbocycles. The zero-order chi connectivity index (χ0) is 21.1. The quantitative estimate of drug-likeness (QED) is 0.489. The lowest BCUT2D eigenvalue weighted by atomic mass is 9.88. The molecule has 1 aliphatic carbocycles. The molecule has 0 spiro atoms. The van der Waals surface area contributed by atoms with Crippen LogP contribution >= 0.6 is 34.4 Å². The molecule has 3 heterocycles. The van der Waals surface area contributed by atoms with Crippen molar-refractivity contribution in [1.29, 1.82) is 0 Å². The van der Waals surface area contributed by atoms with Crippen LogP contribution in [0.15, 0.2) is 10.5 Å². The number of rotatable bonds is 8. The highest BCUT2D eigenvalue weighted by atomic mass is 32.2. The van der Waals surface area contributed by atoms with Crippen molar-refractivity contribution in [3.8, 4) is 11.4 Å². The lowest BCUT2D eigenvalue weighted by Gasteiger charge is -2.19. The van der Waals surface area contributed by atoms with Gasteiger partial charge in [0.2, 0.25) is 11.0 Å². The van der Waals surface area contributed by atoms with Gasteiger partial charge >= 0.3 is 0 Å². The summed E-state index contributed by atoms with van der Waals surface area (Å²) in [5.41, 5.74) is 2.67. The van der Waals surface area contributed by atoms with Crippen LogP contribution in [0.25, 0.3) is 11.4 Å². The van der Waals surface area contributed by atoms with Crippen molar-refractivity contribution in [2.24, 2.45) is 5.92 Å². The van der Waals surface area contributed by atoms with Crippen LogP contribution in [0.2, 0.25) is 0 Å². The molecule has 0 fully saturated rings. The van der Waals surface area contributed by atoms with Crippen LogP contribution in [-0.4, -0.2) is 36.6 Å². The summed E-state index contributed by atoms with van der Waals surface area (Å²) in [5, 5.41) is 24.3. The predicted octanol–water partition coefficient (Wildman–Crippen LogP) is 4.69. The number of carbonyl (C=O) groups is 1. The molecule has 1 unspecified atom stereocenters. The van der Waals surface area contributed by atoms with Crippen LogP contribution in [0.1, 0.15) is 49.1 Å². The number of hydrogen-bond donors (Lipinski definition) is 1. The van der Waals surface area contributed by atoms with Gasteiger partial charge < -0.3 is 4.57 Å². The van der Waals surface area contributed by atoms with Crippen molar-refractivity contribution in [2.45, 2.75) is 64.6 Å². The molecular weight excluding hydrogens is 436 g/mol. The van der Waals surface area contributed by atoms with Gasteiger partial charge in [-0.15, -0.1) is 31.7 Å². The number of nitrogens with one attached hydrogen (secondary N) is 1. The minimum atomic E-state index is -0.103. The standard InChI is InChI=1S/C20H26N6OS3/c1-4-8-26-18(14-10-28-15-9-12(3)6-7-13(14)15)23-25-20(26)29-11-16(27)21-19-24-22-17(5-2)30-19/h10,12H,4-9,11H2,1-3H3,(H,21,24,27). The molecule has 0 aliphatic heterocycles. The summed E-state index contributed by atoms with van der Waals surface area (Å²) >= 11 is 4.68. The minimum absolute atomic E-state index is 0.103. The van der Waals surface area contributed by atoms with Gasteiger partial charge in [0.1, 0.15) is 5.01 Å². The number of aromatic nitrogens is 5. The first kappa shape index (κ1) is 21.5. The lowest BCUT2D eigenvalue weighted by molar-refractivity contribution is -0.113. The Hall–Kier alpha value is -1.78. The van der Waals surface area contributed by atoms with E-state index in [1.165, 1.54) is 45.5 Å². The van der Waals surface area contributed by atoms with E-state index in [9.17, 15) is 4.79 Å². The van der Waals surface area contributed by atoms with Crippen LogP contribution < -0.4 is 5.32 Å². The highest BCUT2D eigenvalue weighted by molar-refractivity contribution is 7.99. The van der Waals surface area contributed by atoms with Gasteiger partial charge in [-0.1, -0.05) is 43.9 Å². The lowest BCUT2D eigenvalue weighted by Crippen LogP contribution is -2.14. The second-order valence-electron chi connectivity index (χ2n) is 7.55. The van der Waals surface area contributed by atoms with Crippen molar-refractivity contribution < 1.29 is 4.79 Å². The molecule has 3 aromatic heterocycles. The van der Waals surface area contributed by atoms with Crippen molar-refractivity contribution in [3.05, 3.63) is 20.8 Å². The van der Waals surface area contributed by atoms with Crippen molar-refractivity contribution in [3.63, 3.8) is 0 Å². The summed E-state index contributed by atoms with van der Waals surface area (Å²) < 4.78 is 2.17. The largest absolute Gasteiger partial charge is 0.302 e. The molecule has 0 radical (unpaired) electrons. The molecule has 1 atom stereocenters. The maximum absolute atomic E-state index is 12.4. The minimum Gasteiger partial charge on any atom is -0.302 e. The average Bonchev–Trinajstić information content (AvgIpc) is 3.45. The van der Waals surface area contributed by atoms with E-state index in [4.69, 9.17) is 0 Å². The van der Waals surface area contributed by atoms with Gasteiger partial charge in [0.15, 0.2) is 11.0 Å². The summed E-state index contributed by atoms with van der Waals surface area (Å²) in [5.74, 6) is 1.85. The smallest absolute Gasteiger partial charge is 0.236 e. The number of hydrogen-bond acceptors (Lipinski definition) is 8. The van der Waals surface area contributed by atoms with Crippen molar-refractivity contribution in [2.75, 3.05) is 11.1 Å². The van der Waals surface area contributed by atoms with Gasteiger partial charge in [0.05, 0.1) is 5.75 Å². The maximum atomic E-state index is 12.4. The molecule has 1 aliphatic rings. The van der Waals surface area contributed by atoms with Gasteiger partial charge in [0, 0.05) is 22.4 Å². The summed E-state index contributed by atoms with van der Waals surface area (Å²) in [6.45, 7) is 7.33. The Kier molecular flexibility index (Phi) is 6.84. The van der Waals surface area contributed by atoms with E-state index in [0.717, 1.165) is 54.1 Å². The summed E-state index contributed by atoms with van der Waals surface area (Å²) in [6, 6.07) is 0. The van der Waals surface area contributed by atoms with Crippen LogP contribution in [-0.2, 0) is 30.6 Å². The Labute approximate surface area is 188 Å². The predicted molar refractivity (Wildman–Crippen MR) is 123 cm³/mol. The van der Waals surface area contributed by atoms with Gasteiger partial charge in [-0.25, -0.2) is 0 Å². The first-order valence-corrected chi connectivity index (χ1v) is 13.0. The molecular formula is C20H26N6OS3. The number of aryl methyl sites for hydroxylation is 1. The number of fused-ring (bicyclic) bond motifs is 1. The van der Waals surface area contributed by atoms with E-state index in [1.807, 2.05) is 18.3 Å². The number of carbonyl (C=O) groups excluding carboxylic acids is 1. The van der Waals surface area contributed by atoms with Gasteiger partial charge in [-0.2, -0.15) is 0 Å². The van der Waals surface area contributed by atoms with Gasteiger partial charge in [-0.05, 0) is 43.6 Å². The molecule has 3 aromatic rings. The molecule has 0 bridgehead atoms. The third-order valence-electron chi connectivity index (χ3n) is 5.15. The molecule has 160 valence electrons. The SMILES string of the molecule is CCCn1c(SCC(=O)Nc2nnc(CC)s2)nnc1-c1csc2c1CCC(C)C2. The third-order valence-corrected chi connectivity index (χ3v) is 8.16. The van der Waals surface area contributed by atoms with E-state index in [2.05, 4.69) is 49.5 Å². The van der Waals surface area contributed by atoms with E-state index in [0.29, 0.717) is 5.13 Å². The zero-order valence-electron chi connectivity index (χ0n) is 17.5. The molecule has 4 rings (SSSR count). The summed E-state index contributed by atoms with van der Waals surface area (Å²) in [4.78, 5) is 13.9.